The molecule has 0 radical (unpaired) electrons. The van der Waals surface area contributed by atoms with Crippen molar-refractivity contribution < 1.29 is 23.5 Å². The number of rotatable bonds is 3. The minimum absolute atomic E-state index is 0.0852. The van der Waals surface area contributed by atoms with E-state index in [1.807, 2.05) is 0 Å². The van der Waals surface area contributed by atoms with E-state index in [0.717, 1.165) is 31.4 Å². The minimum Gasteiger partial charge on any atom is -0.481 e. The van der Waals surface area contributed by atoms with Gasteiger partial charge in [-0.2, -0.15) is 0 Å². The lowest BCUT2D eigenvalue weighted by Crippen LogP contribution is -2.46. The first-order valence-electron chi connectivity index (χ1n) is 6.95. The predicted molar refractivity (Wildman–Crippen MR) is 69.6 cm³/mol. The van der Waals surface area contributed by atoms with Gasteiger partial charge in [0, 0.05) is 17.7 Å². The van der Waals surface area contributed by atoms with Crippen LogP contribution in [0, 0.1) is 29.4 Å². The van der Waals surface area contributed by atoms with E-state index in [2.05, 4.69) is 5.32 Å². The number of fused-ring (bicyclic) bond motifs is 2. The van der Waals surface area contributed by atoms with Crippen LogP contribution >= 0.6 is 0 Å². The Morgan fingerprint density at radius 2 is 1.71 bits per heavy atom. The van der Waals surface area contributed by atoms with Crippen molar-refractivity contribution in [3.05, 3.63) is 35.4 Å². The number of carbonyl (C=O) groups excluding carboxylic acids is 1. The van der Waals surface area contributed by atoms with Gasteiger partial charge in [-0.15, -0.1) is 0 Å². The van der Waals surface area contributed by atoms with Crippen LogP contribution in [-0.2, 0) is 4.79 Å². The zero-order valence-corrected chi connectivity index (χ0v) is 11.2. The summed E-state index contributed by atoms with van der Waals surface area (Å²) >= 11 is 0. The third-order valence-corrected chi connectivity index (χ3v) is 4.62. The Kier molecular flexibility index (Phi) is 3.39. The number of carbonyl (C=O) groups is 2. The van der Waals surface area contributed by atoms with Gasteiger partial charge >= 0.3 is 5.97 Å². The maximum Gasteiger partial charge on any atom is 0.308 e. The van der Waals surface area contributed by atoms with Crippen molar-refractivity contribution in [2.45, 2.75) is 25.3 Å². The molecular weight excluding hydrogens is 280 g/mol. The van der Waals surface area contributed by atoms with Gasteiger partial charge < -0.3 is 10.4 Å². The molecule has 21 heavy (non-hydrogen) atoms. The third-order valence-electron chi connectivity index (χ3n) is 4.62. The normalized spacial score (nSPS) is 30.4. The highest BCUT2D eigenvalue weighted by molar-refractivity contribution is 5.94. The quantitative estimate of drug-likeness (QED) is 0.898. The van der Waals surface area contributed by atoms with Crippen molar-refractivity contribution in [2.24, 2.45) is 17.8 Å². The summed E-state index contributed by atoms with van der Waals surface area (Å²) in [5, 5.41) is 12.0. The lowest BCUT2D eigenvalue weighted by atomic mass is 9.84. The topological polar surface area (TPSA) is 66.4 Å². The van der Waals surface area contributed by atoms with Gasteiger partial charge in [-0.25, -0.2) is 8.78 Å². The fourth-order valence-electron chi connectivity index (χ4n) is 3.77. The Balaban J connectivity index is 1.79. The van der Waals surface area contributed by atoms with Crippen LogP contribution in [0.25, 0.3) is 0 Å². The second kappa shape index (κ2) is 5.09. The van der Waals surface area contributed by atoms with Crippen LogP contribution in [0.4, 0.5) is 8.78 Å². The fourth-order valence-corrected chi connectivity index (χ4v) is 3.77. The Bertz CT molecular complexity index is 584. The summed E-state index contributed by atoms with van der Waals surface area (Å²) in [5.74, 6) is -3.59. The molecule has 112 valence electrons. The Labute approximate surface area is 120 Å². The summed E-state index contributed by atoms with van der Waals surface area (Å²) in [4.78, 5) is 23.5. The molecule has 2 saturated carbocycles. The van der Waals surface area contributed by atoms with Crippen molar-refractivity contribution in [3.63, 3.8) is 0 Å². The number of hydrogen-bond acceptors (Lipinski definition) is 2. The number of halogens is 2. The minimum atomic E-state index is -0.919. The fraction of sp³-hybridized carbons (Fsp3) is 0.467. The Morgan fingerprint density at radius 3 is 2.33 bits per heavy atom. The van der Waals surface area contributed by atoms with E-state index in [9.17, 15) is 23.5 Å². The Morgan fingerprint density at radius 1 is 1.10 bits per heavy atom. The molecule has 1 aromatic rings. The van der Waals surface area contributed by atoms with Gasteiger partial charge in [0.15, 0.2) is 0 Å². The maximum atomic E-state index is 13.1. The molecular formula is C15H15F2NO3. The second-order valence-electron chi connectivity index (χ2n) is 5.85. The van der Waals surface area contributed by atoms with E-state index in [1.165, 1.54) is 0 Å². The van der Waals surface area contributed by atoms with E-state index in [4.69, 9.17) is 0 Å². The van der Waals surface area contributed by atoms with Crippen LogP contribution in [0.2, 0.25) is 0 Å². The summed E-state index contributed by atoms with van der Waals surface area (Å²) in [6, 6.07) is 2.12. The highest BCUT2D eigenvalue weighted by atomic mass is 19.1. The van der Waals surface area contributed by atoms with E-state index in [-0.39, 0.29) is 17.4 Å². The van der Waals surface area contributed by atoms with Crippen LogP contribution in [0.15, 0.2) is 18.2 Å². The highest BCUT2D eigenvalue weighted by Gasteiger charge is 2.51. The molecule has 0 heterocycles. The van der Waals surface area contributed by atoms with Gasteiger partial charge in [0.05, 0.1) is 5.92 Å². The summed E-state index contributed by atoms with van der Waals surface area (Å²) in [6.07, 6.45) is 2.54. The molecule has 3 rings (SSSR count). The molecule has 6 heteroatoms. The molecule has 2 fully saturated rings. The Hall–Kier alpha value is -1.98. The molecule has 2 N–H and O–H groups in total. The van der Waals surface area contributed by atoms with Gasteiger partial charge in [0.25, 0.3) is 5.91 Å². The zero-order chi connectivity index (χ0) is 15.1. The average Bonchev–Trinajstić information content (AvgIpc) is 2.97. The van der Waals surface area contributed by atoms with Crippen LogP contribution in [0.3, 0.4) is 0 Å². The van der Waals surface area contributed by atoms with Crippen LogP contribution < -0.4 is 5.32 Å². The standard InChI is InChI=1S/C15H15F2NO3/c16-10-4-9(5-11(17)6-10)14(19)18-13-8-2-1-7(3-8)12(13)15(20)21/h4-8,12-13H,1-3H2,(H,18,19)(H,20,21). The number of hydrogen-bond donors (Lipinski definition) is 2. The molecule has 4 unspecified atom stereocenters. The SMILES string of the molecule is O=C(NC1C2CCC(C2)C1C(=O)O)c1cc(F)cc(F)c1. The van der Waals surface area contributed by atoms with Crippen LogP contribution in [0.5, 0.6) is 0 Å². The maximum absolute atomic E-state index is 13.1. The molecule has 4 nitrogen and oxygen atoms in total. The number of benzene rings is 1. The van der Waals surface area contributed by atoms with E-state index in [1.54, 1.807) is 0 Å². The summed E-state index contributed by atoms with van der Waals surface area (Å²) in [5.41, 5.74) is -0.126. The summed E-state index contributed by atoms with van der Waals surface area (Å²) in [6.45, 7) is 0. The van der Waals surface area contributed by atoms with Crippen LogP contribution in [-0.4, -0.2) is 23.0 Å². The number of nitrogens with one attached hydrogen (secondary N) is 1. The smallest absolute Gasteiger partial charge is 0.308 e. The van der Waals surface area contributed by atoms with Gasteiger partial charge in [0.2, 0.25) is 0 Å². The molecule has 2 aliphatic carbocycles. The lowest BCUT2D eigenvalue weighted by molar-refractivity contribution is -0.144. The van der Waals surface area contributed by atoms with Crippen molar-refractivity contribution in [1.82, 2.24) is 5.32 Å². The largest absolute Gasteiger partial charge is 0.481 e. The van der Waals surface area contributed by atoms with Gasteiger partial charge in [-0.05, 0) is 43.2 Å². The number of aliphatic carboxylic acids is 1. The van der Waals surface area contributed by atoms with Crippen LogP contribution in [0.1, 0.15) is 29.6 Å². The zero-order valence-electron chi connectivity index (χ0n) is 11.2. The molecule has 0 aliphatic heterocycles. The first-order valence-corrected chi connectivity index (χ1v) is 6.95. The van der Waals surface area contributed by atoms with Gasteiger partial charge in [0.1, 0.15) is 11.6 Å². The first-order chi connectivity index (χ1) is 9.95. The molecule has 0 aromatic heterocycles. The molecule has 2 aliphatic rings. The molecule has 0 saturated heterocycles. The van der Waals surface area contributed by atoms with E-state index >= 15 is 0 Å². The van der Waals surface area contributed by atoms with Crippen molar-refractivity contribution in [3.8, 4) is 0 Å². The predicted octanol–water partition coefficient (Wildman–Crippen LogP) is 2.19. The number of carboxylic acids is 1. The van der Waals surface area contributed by atoms with E-state index in [0.29, 0.717) is 6.07 Å². The first kappa shape index (κ1) is 14.0. The lowest BCUT2D eigenvalue weighted by Gasteiger charge is -2.28. The monoisotopic (exact) mass is 295 g/mol. The summed E-state index contributed by atoms with van der Waals surface area (Å²) < 4.78 is 26.3. The van der Waals surface area contributed by atoms with Gasteiger partial charge in [-0.3, -0.25) is 9.59 Å². The molecule has 4 atom stereocenters. The second-order valence-corrected chi connectivity index (χ2v) is 5.85. The van der Waals surface area contributed by atoms with Crippen molar-refractivity contribution in [2.75, 3.05) is 0 Å². The van der Waals surface area contributed by atoms with Crippen molar-refractivity contribution in [1.29, 1.82) is 0 Å². The van der Waals surface area contributed by atoms with Gasteiger partial charge in [-0.1, -0.05) is 0 Å². The van der Waals surface area contributed by atoms with Crippen molar-refractivity contribution >= 4 is 11.9 Å². The van der Waals surface area contributed by atoms with E-state index < -0.39 is 35.5 Å². The summed E-state index contributed by atoms with van der Waals surface area (Å²) in [7, 11) is 0. The molecule has 0 spiro atoms. The molecule has 1 amide bonds. The molecule has 1 aromatic carbocycles. The number of amides is 1. The number of carboxylic acid groups (broad SMARTS) is 1. The highest BCUT2D eigenvalue weighted by Crippen LogP contribution is 2.48. The third kappa shape index (κ3) is 2.50. The molecule has 2 bridgehead atoms. The average molecular weight is 295 g/mol.